The minimum Gasteiger partial charge on any atom is -0.304 e. The van der Waals surface area contributed by atoms with Gasteiger partial charge in [0.2, 0.25) is 0 Å². The molecule has 2 unspecified atom stereocenters. The van der Waals surface area contributed by atoms with Gasteiger partial charge in [-0.05, 0) is 38.0 Å². The number of rotatable bonds is 3. The van der Waals surface area contributed by atoms with Gasteiger partial charge in [-0.25, -0.2) is 12.8 Å². The molecule has 1 fully saturated rings. The van der Waals surface area contributed by atoms with Crippen molar-refractivity contribution in [3.8, 4) is 0 Å². The highest BCUT2D eigenvalue weighted by Crippen LogP contribution is 2.26. The van der Waals surface area contributed by atoms with Gasteiger partial charge < -0.3 is 5.32 Å². The van der Waals surface area contributed by atoms with Gasteiger partial charge in [-0.3, -0.25) is 0 Å². The van der Waals surface area contributed by atoms with E-state index in [1.165, 1.54) is 12.1 Å². The fourth-order valence-corrected chi connectivity index (χ4v) is 4.59. The highest BCUT2D eigenvalue weighted by atomic mass is 32.2. The van der Waals surface area contributed by atoms with Crippen molar-refractivity contribution < 1.29 is 12.8 Å². The number of hydrogen-bond donors (Lipinski definition) is 1. The van der Waals surface area contributed by atoms with Crippen molar-refractivity contribution in [3.63, 3.8) is 0 Å². The Labute approximate surface area is 107 Å². The van der Waals surface area contributed by atoms with Crippen molar-refractivity contribution in [2.45, 2.75) is 31.8 Å². The summed E-state index contributed by atoms with van der Waals surface area (Å²) < 4.78 is 35.9. The summed E-state index contributed by atoms with van der Waals surface area (Å²) in [6.45, 7) is 3.89. The average molecular weight is 271 g/mol. The summed E-state index contributed by atoms with van der Waals surface area (Å²) in [6, 6.07) is 6.28. The largest absolute Gasteiger partial charge is 0.304 e. The lowest BCUT2D eigenvalue weighted by molar-refractivity contribution is 0.355. The van der Waals surface area contributed by atoms with Crippen LogP contribution in [0.3, 0.4) is 0 Å². The van der Waals surface area contributed by atoms with Crippen LogP contribution in [0.1, 0.15) is 31.9 Å². The van der Waals surface area contributed by atoms with Crippen LogP contribution < -0.4 is 5.32 Å². The third-order valence-electron chi connectivity index (χ3n) is 3.44. The summed E-state index contributed by atoms with van der Waals surface area (Å²) in [5.41, 5.74) is 0.578. The van der Waals surface area contributed by atoms with E-state index in [4.69, 9.17) is 0 Å². The van der Waals surface area contributed by atoms with Gasteiger partial charge in [0.05, 0.1) is 11.5 Å². The van der Waals surface area contributed by atoms with E-state index in [9.17, 15) is 12.8 Å². The molecule has 0 aromatic heterocycles. The van der Waals surface area contributed by atoms with E-state index in [-0.39, 0.29) is 28.9 Å². The Morgan fingerprint density at radius 2 is 1.94 bits per heavy atom. The molecule has 0 saturated carbocycles. The third-order valence-corrected chi connectivity index (χ3v) is 5.34. The van der Waals surface area contributed by atoms with Crippen molar-refractivity contribution in [2.24, 2.45) is 0 Å². The van der Waals surface area contributed by atoms with Gasteiger partial charge in [0.25, 0.3) is 0 Å². The molecule has 0 radical (unpaired) electrons. The van der Waals surface area contributed by atoms with Crippen LogP contribution in [0, 0.1) is 5.82 Å². The van der Waals surface area contributed by atoms with Crippen molar-refractivity contribution in [1.82, 2.24) is 5.32 Å². The van der Waals surface area contributed by atoms with Crippen LogP contribution in [-0.2, 0) is 9.84 Å². The second kappa shape index (κ2) is 4.63. The lowest BCUT2D eigenvalue weighted by Gasteiger charge is -2.28. The average Bonchev–Trinajstić information content (AvgIpc) is 2.53. The Morgan fingerprint density at radius 3 is 2.44 bits per heavy atom. The molecule has 0 spiro atoms. The zero-order chi connectivity index (χ0) is 13.4. The van der Waals surface area contributed by atoms with E-state index in [0.29, 0.717) is 6.42 Å². The molecule has 100 valence electrons. The molecule has 1 aromatic carbocycles. The highest BCUT2D eigenvalue weighted by molar-refractivity contribution is 7.91. The number of hydrogen-bond acceptors (Lipinski definition) is 3. The zero-order valence-corrected chi connectivity index (χ0v) is 11.4. The minimum atomic E-state index is -2.91. The van der Waals surface area contributed by atoms with Crippen LogP contribution in [-0.4, -0.2) is 25.5 Å². The number of halogens is 1. The van der Waals surface area contributed by atoms with E-state index in [1.807, 2.05) is 13.8 Å². The normalized spacial score (nSPS) is 28.2. The molecule has 2 rings (SSSR count). The Kier molecular flexibility index (Phi) is 3.47. The molecule has 18 heavy (non-hydrogen) atoms. The molecule has 5 heteroatoms. The maximum atomic E-state index is 12.8. The van der Waals surface area contributed by atoms with Crippen molar-refractivity contribution in [2.75, 3.05) is 11.5 Å². The van der Waals surface area contributed by atoms with E-state index >= 15 is 0 Å². The van der Waals surface area contributed by atoms with Crippen molar-refractivity contribution >= 4 is 9.84 Å². The first-order chi connectivity index (χ1) is 8.30. The summed E-state index contributed by atoms with van der Waals surface area (Å²) in [5.74, 6) is 0.152. The summed E-state index contributed by atoms with van der Waals surface area (Å²) in [4.78, 5) is 0. The summed E-state index contributed by atoms with van der Waals surface area (Å²) >= 11 is 0. The van der Waals surface area contributed by atoms with E-state index in [0.717, 1.165) is 5.56 Å². The van der Waals surface area contributed by atoms with Crippen LogP contribution in [0.4, 0.5) is 4.39 Å². The van der Waals surface area contributed by atoms with Crippen LogP contribution >= 0.6 is 0 Å². The molecule has 2 atom stereocenters. The third kappa shape index (κ3) is 3.09. The Morgan fingerprint density at radius 1 is 1.33 bits per heavy atom. The molecule has 1 aromatic rings. The van der Waals surface area contributed by atoms with Crippen LogP contribution in [0.25, 0.3) is 0 Å². The highest BCUT2D eigenvalue weighted by Gasteiger charge is 2.38. The summed E-state index contributed by atoms with van der Waals surface area (Å²) in [7, 11) is -2.91. The van der Waals surface area contributed by atoms with Crippen LogP contribution in [0.2, 0.25) is 0 Å². The van der Waals surface area contributed by atoms with Gasteiger partial charge >= 0.3 is 0 Å². The lowest BCUT2D eigenvalue weighted by atomic mass is 9.98. The predicted molar refractivity (Wildman–Crippen MR) is 69.6 cm³/mol. The molecule has 3 nitrogen and oxygen atoms in total. The molecular weight excluding hydrogens is 253 g/mol. The summed E-state index contributed by atoms with van der Waals surface area (Å²) in [6.07, 6.45) is 0.626. The lowest BCUT2D eigenvalue weighted by Crippen LogP contribution is -2.44. The quantitative estimate of drug-likeness (QED) is 0.915. The zero-order valence-electron chi connectivity index (χ0n) is 10.6. The molecular formula is C13H18FNO2S. The van der Waals surface area contributed by atoms with Gasteiger partial charge in [0.15, 0.2) is 9.84 Å². The van der Waals surface area contributed by atoms with Gasteiger partial charge in [-0.15, -0.1) is 0 Å². The first-order valence-electron chi connectivity index (χ1n) is 6.03. The summed E-state index contributed by atoms with van der Waals surface area (Å²) in [5, 5.41) is 3.34. The molecule has 1 N–H and O–H groups in total. The fourth-order valence-electron chi connectivity index (χ4n) is 2.48. The second-order valence-corrected chi connectivity index (χ2v) is 7.50. The Bertz CT molecular complexity index is 526. The molecule has 0 amide bonds. The van der Waals surface area contributed by atoms with Gasteiger partial charge in [-0.2, -0.15) is 0 Å². The van der Waals surface area contributed by atoms with E-state index < -0.39 is 9.84 Å². The molecule has 1 aliphatic rings. The maximum absolute atomic E-state index is 12.8. The smallest absolute Gasteiger partial charge is 0.152 e. The molecule has 0 bridgehead atoms. The van der Waals surface area contributed by atoms with Crippen LogP contribution in [0.15, 0.2) is 24.3 Å². The number of nitrogens with one attached hydrogen (secondary N) is 1. The van der Waals surface area contributed by atoms with E-state index in [1.54, 1.807) is 12.1 Å². The Balaban J connectivity index is 2.08. The van der Waals surface area contributed by atoms with Gasteiger partial charge in [0, 0.05) is 11.6 Å². The van der Waals surface area contributed by atoms with E-state index in [2.05, 4.69) is 5.32 Å². The number of benzene rings is 1. The number of sulfone groups is 1. The van der Waals surface area contributed by atoms with Gasteiger partial charge in [-0.1, -0.05) is 12.1 Å². The topological polar surface area (TPSA) is 46.2 Å². The molecule has 1 heterocycles. The van der Waals surface area contributed by atoms with Gasteiger partial charge in [0.1, 0.15) is 5.82 Å². The first-order valence-corrected chi connectivity index (χ1v) is 7.85. The SMILES string of the molecule is CC(NC1(C)CCS(=O)(=O)C1)c1ccc(F)cc1. The molecule has 1 saturated heterocycles. The second-order valence-electron chi connectivity index (χ2n) is 5.32. The maximum Gasteiger partial charge on any atom is 0.152 e. The fraction of sp³-hybridized carbons (Fsp3) is 0.538. The molecule has 1 aliphatic heterocycles. The standard InChI is InChI=1S/C13H18FNO2S/c1-10(11-3-5-12(14)6-4-11)15-13(2)7-8-18(16,17)9-13/h3-6,10,15H,7-9H2,1-2H3. The molecule has 0 aliphatic carbocycles. The monoisotopic (exact) mass is 271 g/mol. The van der Waals surface area contributed by atoms with Crippen molar-refractivity contribution in [3.05, 3.63) is 35.6 Å². The minimum absolute atomic E-state index is 0.00361. The van der Waals surface area contributed by atoms with Crippen LogP contribution in [0.5, 0.6) is 0 Å². The van der Waals surface area contributed by atoms with Crippen molar-refractivity contribution in [1.29, 1.82) is 0 Å². The first kappa shape index (κ1) is 13.5. The Hall–Kier alpha value is -0.940. The predicted octanol–water partition coefficient (Wildman–Crippen LogP) is 2.05.